The summed E-state index contributed by atoms with van der Waals surface area (Å²) < 4.78 is 1.06. The molecule has 0 spiro atoms. The van der Waals surface area contributed by atoms with Gasteiger partial charge in [-0.2, -0.15) is 0 Å². The fraction of sp³-hybridized carbons (Fsp3) is 0.273. The van der Waals surface area contributed by atoms with E-state index in [1.165, 1.54) is 0 Å². The van der Waals surface area contributed by atoms with Crippen LogP contribution in [0.15, 0.2) is 24.3 Å². The minimum atomic E-state index is -0.429. The van der Waals surface area contributed by atoms with Crippen molar-refractivity contribution in [3.05, 3.63) is 27.8 Å². The van der Waals surface area contributed by atoms with Crippen LogP contribution in [0.4, 0.5) is 5.69 Å². The van der Waals surface area contributed by atoms with Crippen molar-refractivity contribution in [2.45, 2.75) is 6.42 Å². The molecule has 0 saturated carbocycles. The first-order valence-corrected chi connectivity index (χ1v) is 6.29. The lowest BCUT2D eigenvalue weighted by molar-refractivity contribution is -0.120. The van der Waals surface area contributed by atoms with Crippen molar-refractivity contribution in [1.82, 2.24) is 0 Å². The first-order chi connectivity index (χ1) is 7.58. The molecule has 2 rings (SSSR count). The first kappa shape index (κ1) is 11.9. The zero-order valence-corrected chi connectivity index (χ0v) is 11.2. The van der Waals surface area contributed by atoms with E-state index in [9.17, 15) is 9.59 Å². The summed E-state index contributed by atoms with van der Waals surface area (Å²) in [5.41, 5.74) is 0.831. The van der Waals surface area contributed by atoms with Gasteiger partial charge in [-0.25, -0.2) is 0 Å². The third-order valence-electron chi connectivity index (χ3n) is 2.57. The highest BCUT2D eigenvalue weighted by Gasteiger charge is 2.34. The van der Waals surface area contributed by atoms with E-state index in [2.05, 4.69) is 22.6 Å². The van der Waals surface area contributed by atoms with Crippen LogP contribution in [-0.4, -0.2) is 17.7 Å². The molecule has 1 amide bonds. The van der Waals surface area contributed by atoms with Crippen molar-refractivity contribution >= 4 is 51.0 Å². The molecule has 1 aromatic carbocycles. The van der Waals surface area contributed by atoms with Crippen LogP contribution >= 0.6 is 34.2 Å². The maximum atomic E-state index is 11.7. The Labute approximate surface area is 112 Å². The van der Waals surface area contributed by atoms with Crippen molar-refractivity contribution in [3.63, 3.8) is 0 Å². The average Bonchev–Trinajstić information content (AvgIpc) is 2.60. The zero-order chi connectivity index (χ0) is 11.7. The van der Waals surface area contributed by atoms with Crippen molar-refractivity contribution < 1.29 is 9.59 Å². The molecular weight excluding hydrogens is 340 g/mol. The van der Waals surface area contributed by atoms with E-state index in [1.54, 1.807) is 4.90 Å². The van der Waals surface area contributed by atoms with Gasteiger partial charge in [-0.1, -0.05) is 6.07 Å². The molecule has 0 bridgehead atoms. The Bertz CT molecular complexity index is 449. The minimum Gasteiger partial charge on any atom is -0.312 e. The van der Waals surface area contributed by atoms with Crippen LogP contribution in [0.5, 0.6) is 0 Å². The Morgan fingerprint density at radius 1 is 1.50 bits per heavy atom. The smallest absolute Gasteiger partial charge is 0.227 e. The molecule has 0 aromatic heterocycles. The largest absolute Gasteiger partial charge is 0.312 e. The number of carbonyl (C=O) groups excluding carboxylic acids is 2. The van der Waals surface area contributed by atoms with E-state index in [0.717, 1.165) is 9.26 Å². The number of halogens is 2. The molecule has 0 aliphatic carbocycles. The second kappa shape index (κ2) is 4.71. The third-order valence-corrected chi connectivity index (χ3v) is 3.55. The standard InChI is InChI=1S/C11H9ClINO2/c12-11(16)7-4-10(15)14(6-7)9-3-1-2-8(13)5-9/h1-3,5,7H,4,6H2. The first-order valence-electron chi connectivity index (χ1n) is 4.83. The van der Waals surface area contributed by atoms with Gasteiger partial charge in [0, 0.05) is 22.2 Å². The molecule has 1 saturated heterocycles. The molecule has 0 N–H and O–H groups in total. The quantitative estimate of drug-likeness (QED) is 0.607. The topological polar surface area (TPSA) is 37.4 Å². The van der Waals surface area contributed by atoms with E-state index >= 15 is 0 Å². The molecule has 1 aliphatic heterocycles. The van der Waals surface area contributed by atoms with Crippen LogP contribution in [0.1, 0.15) is 6.42 Å². The van der Waals surface area contributed by atoms with Gasteiger partial charge in [0.2, 0.25) is 11.1 Å². The van der Waals surface area contributed by atoms with E-state index in [1.807, 2.05) is 24.3 Å². The maximum absolute atomic E-state index is 11.7. The predicted molar refractivity (Wildman–Crippen MR) is 70.5 cm³/mol. The van der Waals surface area contributed by atoms with Crippen LogP contribution < -0.4 is 4.90 Å². The second-order valence-electron chi connectivity index (χ2n) is 3.69. The van der Waals surface area contributed by atoms with E-state index in [4.69, 9.17) is 11.6 Å². The van der Waals surface area contributed by atoms with Crippen LogP contribution in [0, 0.1) is 9.49 Å². The van der Waals surface area contributed by atoms with Gasteiger partial charge in [0.25, 0.3) is 0 Å². The second-order valence-corrected chi connectivity index (χ2v) is 5.31. The van der Waals surface area contributed by atoms with Crippen molar-refractivity contribution in [2.75, 3.05) is 11.4 Å². The summed E-state index contributed by atoms with van der Waals surface area (Å²) in [5.74, 6) is -0.409. The fourth-order valence-electron chi connectivity index (χ4n) is 1.75. The predicted octanol–water partition coefficient (Wildman–Crippen LogP) is 2.41. The van der Waals surface area contributed by atoms with Crippen molar-refractivity contribution in [3.8, 4) is 0 Å². The highest BCUT2D eigenvalue weighted by molar-refractivity contribution is 14.1. The lowest BCUT2D eigenvalue weighted by Gasteiger charge is -2.16. The molecule has 1 aromatic rings. The van der Waals surface area contributed by atoms with Gasteiger partial charge in [0.15, 0.2) is 0 Å². The molecular formula is C11H9ClINO2. The van der Waals surface area contributed by atoms with Crippen molar-refractivity contribution in [2.24, 2.45) is 5.92 Å². The SMILES string of the molecule is O=C(Cl)C1CC(=O)N(c2cccc(I)c2)C1. The molecule has 1 aliphatic rings. The lowest BCUT2D eigenvalue weighted by Crippen LogP contribution is -2.25. The lowest BCUT2D eigenvalue weighted by atomic mass is 10.1. The van der Waals surface area contributed by atoms with Gasteiger partial charge in [0.1, 0.15) is 0 Å². The Hall–Kier alpha value is -0.620. The molecule has 16 heavy (non-hydrogen) atoms. The van der Waals surface area contributed by atoms with Crippen molar-refractivity contribution in [1.29, 1.82) is 0 Å². The van der Waals surface area contributed by atoms with Crippen LogP contribution in [0.3, 0.4) is 0 Å². The van der Waals surface area contributed by atoms with E-state index in [0.29, 0.717) is 6.54 Å². The molecule has 3 nitrogen and oxygen atoms in total. The summed E-state index contributed by atoms with van der Waals surface area (Å²) >= 11 is 7.60. The number of hydrogen-bond acceptors (Lipinski definition) is 2. The number of carbonyl (C=O) groups is 2. The Morgan fingerprint density at radius 2 is 2.25 bits per heavy atom. The monoisotopic (exact) mass is 349 g/mol. The summed E-state index contributed by atoms with van der Waals surface area (Å²) in [6.45, 7) is 0.390. The van der Waals surface area contributed by atoms with Gasteiger partial charge < -0.3 is 4.90 Å². The average molecular weight is 350 g/mol. The maximum Gasteiger partial charge on any atom is 0.227 e. The summed E-state index contributed by atoms with van der Waals surface area (Å²) in [6, 6.07) is 7.62. The summed E-state index contributed by atoms with van der Waals surface area (Å²) in [5, 5.41) is -0.429. The Kier molecular flexibility index (Phi) is 3.49. The minimum absolute atomic E-state index is 0.0407. The van der Waals surface area contributed by atoms with Gasteiger partial charge >= 0.3 is 0 Å². The normalized spacial score (nSPS) is 20.2. The zero-order valence-electron chi connectivity index (χ0n) is 8.32. The number of amides is 1. The molecule has 1 heterocycles. The van der Waals surface area contributed by atoms with Crippen LogP contribution in [0.2, 0.25) is 0 Å². The van der Waals surface area contributed by atoms with E-state index < -0.39 is 5.24 Å². The van der Waals surface area contributed by atoms with E-state index in [-0.39, 0.29) is 18.2 Å². The number of nitrogens with zero attached hydrogens (tertiary/aromatic N) is 1. The number of rotatable bonds is 2. The van der Waals surface area contributed by atoms with Crippen LogP contribution in [0.25, 0.3) is 0 Å². The third kappa shape index (κ3) is 2.38. The summed E-state index contributed by atoms with van der Waals surface area (Å²) in [6.07, 6.45) is 0.216. The van der Waals surface area contributed by atoms with Gasteiger partial charge in [0.05, 0.1) is 5.92 Å². The van der Waals surface area contributed by atoms with Crippen LogP contribution in [-0.2, 0) is 9.59 Å². The van der Waals surface area contributed by atoms with Gasteiger partial charge in [-0.15, -0.1) is 0 Å². The Balaban J connectivity index is 2.23. The highest BCUT2D eigenvalue weighted by atomic mass is 127. The van der Waals surface area contributed by atoms with Gasteiger partial charge in [-0.3, -0.25) is 9.59 Å². The number of anilines is 1. The molecule has 5 heteroatoms. The fourth-order valence-corrected chi connectivity index (χ4v) is 2.43. The summed E-state index contributed by atoms with van der Waals surface area (Å²) in [7, 11) is 0. The highest BCUT2D eigenvalue weighted by Crippen LogP contribution is 2.27. The molecule has 0 radical (unpaired) electrons. The molecule has 1 atom stereocenters. The number of hydrogen-bond donors (Lipinski definition) is 0. The Morgan fingerprint density at radius 3 is 2.81 bits per heavy atom. The molecule has 84 valence electrons. The summed E-state index contributed by atoms with van der Waals surface area (Å²) in [4.78, 5) is 24.4. The molecule has 1 fully saturated rings. The number of benzene rings is 1. The molecule has 1 unspecified atom stereocenters. The van der Waals surface area contributed by atoms with Gasteiger partial charge in [-0.05, 0) is 52.4 Å².